The molecule has 1 N–H and O–H groups in total. The summed E-state index contributed by atoms with van der Waals surface area (Å²) in [5.41, 5.74) is 3.08. The molecule has 0 aliphatic carbocycles. The van der Waals surface area contributed by atoms with Crippen LogP contribution in [0.4, 0.5) is 5.82 Å². The van der Waals surface area contributed by atoms with Gasteiger partial charge in [0.05, 0.1) is 11.4 Å². The molecule has 2 rings (SSSR count). The molecule has 0 aliphatic rings. The molecular formula is C11H15N5. The van der Waals surface area contributed by atoms with Gasteiger partial charge in [0.25, 0.3) is 0 Å². The van der Waals surface area contributed by atoms with Crippen LogP contribution in [0.25, 0.3) is 11.4 Å². The minimum Gasteiger partial charge on any atom is -0.373 e. The number of aromatic nitrogens is 4. The molecule has 0 aromatic carbocycles. The highest BCUT2D eigenvalue weighted by molar-refractivity contribution is 5.65. The fourth-order valence-corrected chi connectivity index (χ4v) is 1.79. The average molecular weight is 217 g/mol. The predicted octanol–water partition coefficient (Wildman–Crippen LogP) is 1.48. The SMILES string of the molecule is CCc1c(NC)ncnc1-c1ccnn1C. The Kier molecular flexibility index (Phi) is 2.85. The Labute approximate surface area is 94.5 Å². The van der Waals surface area contributed by atoms with Crippen molar-refractivity contribution in [3.8, 4) is 11.4 Å². The highest BCUT2D eigenvalue weighted by Gasteiger charge is 2.12. The van der Waals surface area contributed by atoms with Crippen molar-refractivity contribution in [2.45, 2.75) is 13.3 Å². The molecule has 5 nitrogen and oxygen atoms in total. The highest BCUT2D eigenvalue weighted by Crippen LogP contribution is 2.24. The van der Waals surface area contributed by atoms with Crippen LogP contribution in [0.3, 0.4) is 0 Å². The lowest BCUT2D eigenvalue weighted by atomic mass is 10.1. The first-order chi connectivity index (χ1) is 7.77. The molecule has 0 saturated carbocycles. The Hall–Kier alpha value is -1.91. The minimum atomic E-state index is 0.883. The summed E-state index contributed by atoms with van der Waals surface area (Å²) in [6.45, 7) is 2.10. The van der Waals surface area contributed by atoms with Gasteiger partial charge in [-0.1, -0.05) is 6.92 Å². The Morgan fingerprint density at radius 1 is 1.38 bits per heavy atom. The summed E-state index contributed by atoms with van der Waals surface area (Å²) in [6, 6.07) is 1.96. The van der Waals surface area contributed by atoms with Crippen LogP contribution in [0.1, 0.15) is 12.5 Å². The topological polar surface area (TPSA) is 55.6 Å². The van der Waals surface area contributed by atoms with Gasteiger partial charge in [-0.2, -0.15) is 5.10 Å². The third-order valence-electron chi connectivity index (χ3n) is 2.60. The van der Waals surface area contributed by atoms with Crippen LogP contribution in [-0.2, 0) is 13.5 Å². The lowest BCUT2D eigenvalue weighted by molar-refractivity contribution is 0.771. The number of anilines is 1. The summed E-state index contributed by atoms with van der Waals surface area (Å²) < 4.78 is 1.82. The smallest absolute Gasteiger partial charge is 0.132 e. The number of rotatable bonds is 3. The van der Waals surface area contributed by atoms with Crippen molar-refractivity contribution in [1.82, 2.24) is 19.7 Å². The van der Waals surface area contributed by atoms with Gasteiger partial charge in [0, 0.05) is 25.9 Å². The maximum atomic E-state index is 4.35. The van der Waals surface area contributed by atoms with Gasteiger partial charge in [0.1, 0.15) is 12.1 Å². The molecule has 0 bridgehead atoms. The van der Waals surface area contributed by atoms with Crippen molar-refractivity contribution in [3.05, 3.63) is 24.2 Å². The molecule has 0 fully saturated rings. The van der Waals surface area contributed by atoms with Gasteiger partial charge in [0.2, 0.25) is 0 Å². The van der Waals surface area contributed by atoms with Crippen LogP contribution in [0.2, 0.25) is 0 Å². The number of hydrogen-bond acceptors (Lipinski definition) is 4. The molecule has 0 saturated heterocycles. The molecule has 0 unspecified atom stereocenters. The Morgan fingerprint density at radius 2 is 2.19 bits per heavy atom. The van der Waals surface area contributed by atoms with Crippen molar-refractivity contribution in [2.75, 3.05) is 12.4 Å². The van der Waals surface area contributed by atoms with Crippen molar-refractivity contribution in [2.24, 2.45) is 7.05 Å². The zero-order valence-electron chi connectivity index (χ0n) is 9.73. The van der Waals surface area contributed by atoms with Gasteiger partial charge in [-0.05, 0) is 12.5 Å². The zero-order valence-corrected chi connectivity index (χ0v) is 9.73. The highest BCUT2D eigenvalue weighted by atomic mass is 15.3. The maximum Gasteiger partial charge on any atom is 0.132 e. The van der Waals surface area contributed by atoms with E-state index in [1.165, 1.54) is 0 Å². The van der Waals surface area contributed by atoms with Crippen molar-refractivity contribution in [3.63, 3.8) is 0 Å². The summed E-state index contributed by atoms with van der Waals surface area (Å²) in [5, 5.41) is 7.25. The first-order valence-electron chi connectivity index (χ1n) is 5.28. The van der Waals surface area contributed by atoms with Crippen LogP contribution in [0.5, 0.6) is 0 Å². The molecule has 2 aromatic rings. The van der Waals surface area contributed by atoms with E-state index in [9.17, 15) is 0 Å². The van der Waals surface area contributed by atoms with Gasteiger partial charge >= 0.3 is 0 Å². The van der Waals surface area contributed by atoms with Gasteiger partial charge < -0.3 is 5.32 Å². The summed E-state index contributed by atoms with van der Waals surface area (Å²) in [6.07, 6.45) is 4.24. The first kappa shape index (κ1) is 10.6. The largest absolute Gasteiger partial charge is 0.373 e. The Bertz CT molecular complexity index is 489. The number of hydrogen-bond donors (Lipinski definition) is 1. The standard InChI is InChI=1S/C11H15N5/c1-4-8-10(9-5-6-15-16(9)3)13-7-14-11(8)12-2/h5-7H,4H2,1-3H3,(H,12,13,14). The number of aryl methyl sites for hydroxylation is 1. The van der Waals surface area contributed by atoms with Crippen molar-refractivity contribution >= 4 is 5.82 Å². The fraction of sp³-hybridized carbons (Fsp3) is 0.364. The van der Waals surface area contributed by atoms with Gasteiger partial charge in [-0.15, -0.1) is 0 Å². The van der Waals surface area contributed by atoms with E-state index in [2.05, 4.69) is 27.3 Å². The van der Waals surface area contributed by atoms with E-state index in [-0.39, 0.29) is 0 Å². The van der Waals surface area contributed by atoms with Gasteiger partial charge in [0.15, 0.2) is 0 Å². The van der Waals surface area contributed by atoms with E-state index in [1.54, 1.807) is 12.5 Å². The summed E-state index contributed by atoms with van der Waals surface area (Å²) in [4.78, 5) is 8.57. The molecule has 0 radical (unpaired) electrons. The second-order valence-corrected chi connectivity index (χ2v) is 3.49. The fourth-order valence-electron chi connectivity index (χ4n) is 1.79. The Morgan fingerprint density at radius 3 is 2.75 bits per heavy atom. The van der Waals surface area contributed by atoms with E-state index >= 15 is 0 Å². The van der Waals surface area contributed by atoms with Crippen LogP contribution in [0, 0.1) is 0 Å². The van der Waals surface area contributed by atoms with Crippen LogP contribution in [0.15, 0.2) is 18.6 Å². The third kappa shape index (κ3) is 1.64. The van der Waals surface area contributed by atoms with E-state index in [0.29, 0.717) is 0 Å². The number of nitrogens with zero attached hydrogens (tertiary/aromatic N) is 4. The van der Waals surface area contributed by atoms with E-state index in [1.807, 2.05) is 24.8 Å². The normalized spacial score (nSPS) is 10.4. The van der Waals surface area contributed by atoms with Gasteiger partial charge in [-0.3, -0.25) is 4.68 Å². The zero-order chi connectivity index (χ0) is 11.5. The van der Waals surface area contributed by atoms with Crippen molar-refractivity contribution in [1.29, 1.82) is 0 Å². The van der Waals surface area contributed by atoms with Crippen LogP contribution >= 0.6 is 0 Å². The second kappa shape index (κ2) is 4.30. The molecule has 0 spiro atoms. The second-order valence-electron chi connectivity index (χ2n) is 3.49. The molecule has 2 heterocycles. The van der Waals surface area contributed by atoms with Gasteiger partial charge in [-0.25, -0.2) is 9.97 Å². The lowest BCUT2D eigenvalue weighted by Gasteiger charge is -2.10. The van der Waals surface area contributed by atoms with E-state index < -0.39 is 0 Å². The third-order valence-corrected chi connectivity index (χ3v) is 2.60. The summed E-state index contributed by atoms with van der Waals surface area (Å²) in [5.74, 6) is 0.883. The van der Waals surface area contributed by atoms with E-state index in [4.69, 9.17) is 0 Å². The molecule has 5 heteroatoms. The molecule has 16 heavy (non-hydrogen) atoms. The summed E-state index contributed by atoms with van der Waals surface area (Å²) >= 11 is 0. The Balaban J connectivity index is 2.61. The average Bonchev–Trinajstić information content (AvgIpc) is 2.74. The maximum absolute atomic E-state index is 4.35. The first-order valence-corrected chi connectivity index (χ1v) is 5.28. The lowest BCUT2D eigenvalue weighted by Crippen LogP contribution is -2.04. The molecule has 0 aliphatic heterocycles. The monoisotopic (exact) mass is 217 g/mol. The molecule has 0 atom stereocenters. The van der Waals surface area contributed by atoms with E-state index in [0.717, 1.165) is 29.2 Å². The van der Waals surface area contributed by atoms with Crippen LogP contribution in [-0.4, -0.2) is 26.8 Å². The molecule has 0 amide bonds. The molecular weight excluding hydrogens is 202 g/mol. The van der Waals surface area contributed by atoms with Crippen LogP contribution < -0.4 is 5.32 Å². The molecule has 2 aromatic heterocycles. The van der Waals surface area contributed by atoms with Crippen molar-refractivity contribution < 1.29 is 0 Å². The molecule has 84 valence electrons. The predicted molar refractivity (Wildman–Crippen MR) is 63.2 cm³/mol. The number of nitrogens with one attached hydrogen (secondary N) is 1. The quantitative estimate of drug-likeness (QED) is 0.846. The summed E-state index contributed by atoms with van der Waals surface area (Å²) in [7, 11) is 3.78. The minimum absolute atomic E-state index is 0.883.